The number of piperazine rings is 1. The van der Waals surface area contributed by atoms with E-state index in [-0.39, 0.29) is 29.8 Å². The Hall–Kier alpha value is -3.45. The molecule has 3 heterocycles. The highest BCUT2D eigenvalue weighted by atomic mass is 19.1. The first-order valence-corrected chi connectivity index (χ1v) is 14.5. The predicted octanol–water partition coefficient (Wildman–Crippen LogP) is 6.23. The van der Waals surface area contributed by atoms with Crippen LogP contribution in [0.2, 0.25) is 0 Å². The molecule has 0 N–H and O–H groups in total. The van der Waals surface area contributed by atoms with Crippen LogP contribution in [0.15, 0.2) is 42.0 Å². The summed E-state index contributed by atoms with van der Waals surface area (Å²) in [4.78, 5) is 30.9. The number of hydrogen-bond acceptors (Lipinski definition) is 4. The molecule has 0 unspecified atom stereocenters. The number of likely N-dealkylation sites (N-methyl/N-ethyl adjacent to an activating group) is 1. The van der Waals surface area contributed by atoms with Crippen LogP contribution < -0.4 is 0 Å². The molecule has 1 aliphatic carbocycles. The second-order valence-electron chi connectivity index (χ2n) is 11.9. The minimum Gasteiger partial charge on any atom is -0.465 e. The van der Waals surface area contributed by atoms with Crippen LogP contribution >= 0.6 is 0 Å². The molecule has 210 valence electrons. The largest absolute Gasteiger partial charge is 0.465 e. The van der Waals surface area contributed by atoms with Gasteiger partial charge in [0.1, 0.15) is 5.82 Å². The van der Waals surface area contributed by atoms with Crippen molar-refractivity contribution in [1.29, 1.82) is 0 Å². The third-order valence-electron chi connectivity index (χ3n) is 9.39. The second-order valence-corrected chi connectivity index (χ2v) is 11.9. The molecule has 6 nitrogen and oxygen atoms in total. The first kappa shape index (κ1) is 26.8. The topological polar surface area (TPSA) is 54.8 Å². The normalized spacial score (nSPS) is 21.9. The van der Waals surface area contributed by atoms with Crippen LogP contribution in [0.25, 0.3) is 28.2 Å². The number of rotatable bonds is 3. The van der Waals surface area contributed by atoms with Crippen molar-refractivity contribution in [3.8, 4) is 11.3 Å². The maximum atomic E-state index is 14.7. The van der Waals surface area contributed by atoms with E-state index in [0.29, 0.717) is 36.7 Å². The lowest BCUT2D eigenvalue weighted by atomic mass is 9.81. The first-order chi connectivity index (χ1) is 19.3. The van der Waals surface area contributed by atoms with Crippen LogP contribution in [0.3, 0.4) is 0 Å². The van der Waals surface area contributed by atoms with Crippen molar-refractivity contribution in [3.63, 3.8) is 0 Å². The molecule has 3 aromatic rings. The third-order valence-corrected chi connectivity index (χ3v) is 9.39. The molecular formula is C33H38FN3O3. The van der Waals surface area contributed by atoms with Gasteiger partial charge in [0.2, 0.25) is 0 Å². The summed E-state index contributed by atoms with van der Waals surface area (Å²) in [5, 5.41) is 1.10. The summed E-state index contributed by atoms with van der Waals surface area (Å²) in [6, 6.07) is 11.2. The summed E-state index contributed by atoms with van der Waals surface area (Å²) in [6.45, 7) is 5.93. The number of amides is 1. The van der Waals surface area contributed by atoms with E-state index in [4.69, 9.17) is 4.74 Å². The molecule has 0 bridgehead atoms. The van der Waals surface area contributed by atoms with Crippen molar-refractivity contribution >= 4 is 28.9 Å². The van der Waals surface area contributed by atoms with Crippen LogP contribution in [-0.4, -0.2) is 65.6 Å². The van der Waals surface area contributed by atoms with Crippen LogP contribution in [0.4, 0.5) is 4.39 Å². The Labute approximate surface area is 235 Å². The molecule has 2 aromatic carbocycles. The molecule has 0 spiro atoms. The highest BCUT2D eigenvalue weighted by molar-refractivity contribution is 6.03. The smallest absolute Gasteiger partial charge is 0.337 e. The Kier molecular flexibility index (Phi) is 7.03. The van der Waals surface area contributed by atoms with Gasteiger partial charge in [-0.2, -0.15) is 0 Å². The molecule has 2 aliphatic heterocycles. The maximum Gasteiger partial charge on any atom is 0.337 e. The molecule has 3 aliphatic rings. The summed E-state index contributed by atoms with van der Waals surface area (Å²) >= 11 is 0. The fourth-order valence-corrected chi connectivity index (χ4v) is 7.06. The standard InChI is InChI=1S/C33H38FN3O3/c1-20-17-36(18-21(2)35(20)3)32(38)25-14-24-15-26(34)11-13-27(24)31-30(22-8-6-5-7-9-22)28-12-10-23(33(39)40-4)16-29(28)37(31)19-25/h10-16,20-22H,5-9,17-19H2,1-4H3/t20-,21+. The molecule has 2 atom stereocenters. The number of esters is 1. The quantitative estimate of drug-likeness (QED) is 0.368. The lowest BCUT2D eigenvalue weighted by Gasteiger charge is -2.42. The van der Waals surface area contributed by atoms with Gasteiger partial charge in [0, 0.05) is 47.2 Å². The summed E-state index contributed by atoms with van der Waals surface area (Å²) in [5.41, 5.74) is 5.97. The fourth-order valence-electron chi connectivity index (χ4n) is 7.06. The van der Waals surface area contributed by atoms with E-state index in [9.17, 15) is 14.0 Å². The van der Waals surface area contributed by atoms with Gasteiger partial charge < -0.3 is 14.2 Å². The number of nitrogens with zero attached hydrogens (tertiary/aromatic N) is 3. The Balaban J connectivity index is 1.56. The number of aromatic nitrogens is 1. The Bertz CT molecular complexity index is 1500. The van der Waals surface area contributed by atoms with E-state index in [0.717, 1.165) is 40.6 Å². The summed E-state index contributed by atoms with van der Waals surface area (Å²) in [5.74, 6) is -0.355. The zero-order chi connectivity index (χ0) is 28.1. The number of benzene rings is 2. The van der Waals surface area contributed by atoms with Crippen LogP contribution in [0, 0.1) is 5.82 Å². The minimum absolute atomic E-state index is 0.0138. The van der Waals surface area contributed by atoms with Gasteiger partial charge in [0.15, 0.2) is 0 Å². The van der Waals surface area contributed by atoms with E-state index < -0.39 is 0 Å². The highest BCUT2D eigenvalue weighted by Gasteiger charge is 2.34. The average Bonchev–Trinajstić information content (AvgIpc) is 3.17. The SMILES string of the molecule is COC(=O)c1ccc2c(C3CCCCC3)c3n(c2c1)CC(C(=O)N1C[C@@H](C)N(C)[C@@H](C)C1)=Cc1cc(F)ccc1-3. The van der Waals surface area contributed by atoms with Gasteiger partial charge in [0.25, 0.3) is 5.91 Å². The molecule has 2 fully saturated rings. The van der Waals surface area contributed by atoms with Crippen LogP contribution in [0.5, 0.6) is 0 Å². The summed E-state index contributed by atoms with van der Waals surface area (Å²) in [7, 11) is 3.49. The predicted molar refractivity (Wildman–Crippen MR) is 156 cm³/mol. The molecule has 1 amide bonds. The number of carbonyl (C=O) groups excluding carboxylic acids is 2. The first-order valence-electron chi connectivity index (χ1n) is 14.5. The fraction of sp³-hybridized carbons (Fsp3) is 0.455. The molecule has 1 saturated carbocycles. The van der Waals surface area contributed by atoms with Crippen molar-refractivity contribution in [3.05, 3.63) is 64.5 Å². The van der Waals surface area contributed by atoms with Crippen LogP contribution in [0.1, 0.15) is 73.4 Å². The van der Waals surface area contributed by atoms with E-state index in [1.807, 2.05) is 35.2 Å². The van der Waals surface area contributed by atoms with Gasteiger partial charge in [-0.05, 0) is 87.2 Å². The molecule has 40 heavy (non-hydrogen) atoms. The van der Waals surface area contributed by atoms with Crippen molar-refractivity contribution in [2.24, 2.45) is 0 Å². The average molecular weight is 544 g/mol. The van der Waals surface area contributed by atoms with Gasteiger partial charge >= 0.3 is 5.97 Å². The lowest BCUT2D eigenvalue weighted by molar-refractivity contribution is -0.131. The monoisotopic (exact) mass is 543 g/mol. The van der Waals surface area contributed by atoms with E-state index in [1.165, 1.54) is 38.0 Å². The lowest BCUT2D eigenvalue weighted by Crippen LogP contribution is -2.56. The molecular weight excluding hydrogens is 505 g/mol. The van der Waals surface area contributed by atoms with Crippen molar-refractivity contribution in [2.45, 2.75) is 70.5 Å². The van der Waals surface area contributed by atoms with E-state index in [2.05, 4.69) is 30.4 Å². The highest BCUT2D eigenvalue weighted by Crippen LogP contribution is 2.46. The number of fused-ring (bicyclic) bond motifs is 5. The van der Waals surface area contributed by atoms with Crippen molar-refractivity contribution < 1.29 is 18.7 Å². The van der Waals surface area contributed by atoms with Gasteiger partial charge in [-0.1, -0.05) is 25.3 Å². The molecule has 0 radical (unpaired) electrons. The molecule has 6 rings (SSSR count). The Morgan fingerprint density at radius 2 is 1.70 bits per heavy atom. The number of carbonyl (C=O) groups is 2. The zero-order valence-electron chi connectivity index (χ0n) is 23.9. The Morgan fingerprint density at radius 3 is 2.40 bits per heavy atom. The summed E-state index contributed by atoms with van der Waals surface area (Å²) < 4.78 is 21.9. The number of methoxy groups -OCH3 is 1. The Morgan fingerprint density at radius 1 is 0.975 bits per heavy atom. The van der Waals surface area contributed by atoms with Crippen LogP contribution in [-0.2, 0) is 16.1 Å². The molecule has 1 aromatic heterocycles. The second kappa shape index (κ2) is 10.5. The van der Waals surface area contributed by atoms with Gasteiger partial charge in [0.05, 0.1) is 24.9 Å². The number of halogens is 1. The summed E-state index contributed by atoms with van der Waals surface area (Å²) in [6.07, 6.45) is 7.67. The van der Waals surface area contributed by atoms with E-state index >= 15 is 0 Å². The number of ether oxygens (including phenoxy) is 1. The van der Waals surface area contributed by atoms with E-state index in [1.54, 1.807) is 6.07 Å². The van der Waals surface area contributed by atoms with Gasteiger partial charge in [-0.3, -0.25) is 9.69 Å². The van der Waals surface area contributed by atoms with Gasteiger partial charge in [-0.25, -0.2) is 9.18 Å². The van der Waals surface area contributed by atoms with Gasteiger partial charge in [-0.15, -0.1) is 0 Å². The van der Waals surface area contributed by atoms with Crippen molar-refractivity contribution in [1.82, 2.24) is 14.4 Å². The maximum absolute atomic E-state index is 14.7. The van der Waals surface area contributed by atoms with Crippen molar-refractivity contribution in [2.75, 3.05) is 27.2 Å². The minimum atomic E-state index is -0.389. The zero-order valence-corrected chi connectivity index (χ0v) is 23.9. The molecule has 1 saturated heterocycles. The third kappa shape index (κ3) is 4.54. The molecule has 7 heteroatoms. The number of hydrogen-bond donors (Lipinski definition) is 0.